The van der Waals surface area contributed by atoms with Crippen LogP contribution in [0.25, 0.3) is 5.65 Å². The number of carboxylic acids is 1. The molecule has 1 fully saturated rings. The number of aryl methyl sites for hydroxylation is 2. The van der Waals surface area contributed by atoms with Crippen LogP contribution in [-0.2, 0) is 21.4 Å². The van der Waals surface area contributed by atoms with Gasteiger partial charge in [-0.05, 0) is 60.6 Å². The monoisotopic (exact) mass is 601 g/mol. The molecule has 0 unspecified atom stereocenters. The third-order valence-electron chi connectivity index (χ3n) is 7.95. The van der Waals surface area contributed by atoms with E-state index in [4.69, 9.17) is 4.74 Å². The second-order valence-electron chi connectivity index (χ2n) is 10.8. The summed E-state index contributed by atoms with van der Waals surface area (Å²) in [4.78, 5) is 15.5. The molecule has 0 radical (unpaired) electrons. The molecule has 0 amide bonds. The molecule has 1 aliphatic heterocycles. The van der Waals surface area contributed by atoms with E-state index in [0.29, 0.717) is 35.1 Å². The van der Waals surface area contributed by atoms with E-state index in [1.807, 2.05) is 6.92 Å². The molecule has 2 aliphatic rings. The van der Waals surface area contributed by atoms with Crippen LogP contribution in [0.2, 0.25) is 0 Å². The highest BCUT2D eigenvalue weighted by molar-refractivity contribution is 7.89. The summed E-state index contributed by atoms with van der Waals surface area (Å²) in [5.74, 6) is -3.22. The van der Waals surface area contributed by atoms with E-state index < -0.39 is 45.6 Å². The number of nitrogens with zero attached hydrogens (tertiary/aromatic N) is 5. The topological polar surface area (TPSA) is 127 Å². The number of sulfonamides is 1. The zero-order chi connectivity index (χ0) is 30.0. The van der Waals surface area contributed by atoms with E-state index in [1.165, 1.54) is 14.9 Å². The van der Waals surface area contributed by atoms with Gasteiger partial charge in [0, 0.05) is 24.7 Å². The summed E-state index contributed by atoms with van der Waals surface area (Å²) < 4.78 is 76.6. The molecule has 3 aromatic heterocycles. The summed E-state index contributed by atoms with van der Waals surface area (Å²) in [7, 11) is -4.20. The van der Waals surface area contributed by atoms with Gasteiger partial charge in [0.1, 0.15) is 16.3 Å². The van der Waals surface area contributed by atoms with Crippen molar-refractivity contribution in [1.29, 1.82) is 0 Å². The first-order valence-corrected chi connectivity index (χ1v) is 14.6. The molecule has 0 bridgehead atoms. The highest BCUT2D eigenvalue weighted by Crippen LogP contribution is 2.46. The van der Waals surface area contributed by atoms with Crippen molar-refractivity contribution in [2.24, 2.45) is 0 Å². The standard InChI is InChI=1S/C28H26F3N5O5S/c1-15-3-4-17(21(11-23(37)38)20-5-8-36-25(16(20)2)33-34-26(36)24(30)31)9-18(15)13-35-14-28(6-7-28)41-27-22(42(35,39)40)10-19(29)12-32-27/h3-5,8-10,12,21,24H,6-7,11,13-14H2,1-2H3,(H,37,38)/t21-/m0/s1. The minimum atomic E-state index is -4.20. The zero-order valence-corrected chi connectivity index (χ0v) is 23.4. The van der Waals surface area contributed by atoms with Crippen molar-refractivity contribution < 1.29 is 36.2 Å². The van der Waals surface area contributed by atoms with Crippen LogP contribution in [0.1, 0.15) is 65.2 Å². The first kappa shape index (κ1) is 28.1. The number of benzene rings is 1. The van der Waals surface area contributed by atoms with E-state index >= 15 is 0 Å². The maximum atomic E-state index is 14.1. The molecule has 42 heavy (non-hydrogen) atoms. The number of carbonyl (C=O) groups is 1. The van der Waals surface area contributed by atoms with Gasteiger partial charge in [-0.15, -0.1) is 10.2 Å². The average Bonchev–Trinajstić information content (AvgIpc) is 3.55. The van der Waals surface area contributed by atoms with Gasteiger partial charge < -0.3 is 9.84 Å². The fourth-order valence-electron chi connectivity index (χ4n) is 5.48. The Bertz CT molecular complexity index is 1840. The molecule has 1 spiro atoms. The zero-order valence-electron chi connectivity index (χ0n) is 22.6. The van der Waals surface area contributed by atoms with Gasteiger partial charge in [-0.2, -0.15) is 4.31 Å². The van der Waals surface area contributed by atoms with Crippen LogP contribution in [0.5, 0.6) is 5.88 Å². The van der Waals surface area contributed by atoms with Crippen LogP contribution >= 0.6 is 0 Å². The molecule has 1 atom stereocenters. The van der Waals surface area contributed by atoms with Gasteiger partial charge in [0.2, 0.25) is 21.7 Å². The summed E-state index contributed by atoms with van der Waals surface area (Å²) >= 11 is 0. The highest BCUT2D eigenvalue weighted by atomic mass is 32.2. The molecule has 10 nitrogen and oxygen atoms in total. The van der Waals surface area contributed by atoms with Gasteiger partial charge in [-0.1, -0.05) is 18.2 Å². The lowest BCUT2D eigenvalue weighted by Crippen LogP contribution is -2.38. The summed E-state index contributed by atoms with van der Waals surface area (Å²) in [6, 6.07) is 7.79. The third kappa shape index (κ3) is 4.87. The largest absolute Gasteiger partial charge is 0.481 e. The smallest absolute Gasteiger partial charge is 0.304 e. The predicted molar refractivity (Wildman–Crippen MR) is 142 cm³/mol. The van der Waals surface area contributed by atoms with Crippen LogP contribution in [0.3, 0.4) is 0 Å². The number of pyridine rings is 2. The number of hydrogen-bond acceptors (Lipinski definition) is 7. The Hall–Kier alpha value is -4.04. The Labute approximate surface area is 238 Å². The van der Waals surface area contributed by atoms with Crippen molar-refractivity contribution in [3.8, 4) is 5.88 Å². The minimum Gasteiger partial charge on any atom is -0.481 e. The number of halogens is 3. The summed E-state index contributed by atoms with van der Waals surface area (Å²) in [5, 5.41) is 17.3. The molecular weight excluding hydrogens is 575 g/mol. The second kappa shape index (κ2) is 10.1. The number of carboxylic acid groups (broad SMARTS) is 1. The normalized spacial score (nSPS) is 18.0. The number of hydrogen-bond donors (Lipinski definition) is 1. The quantitative estimate of drug-likeness (QED) is 0.327. The lowest BCUT2D eigenvalue weighted by molar-refractivity contribution is -0.137. The van der Waals surface area contributed by atoms with E-state index in [2.05, 4.69) is 15.2 Å². The Morgan fingerprint density at radius 1 is 1.17 bits per heavy atom. The van der Waals surface area contributed by atoms with Crippen molar-refractivity contribution in [3.05, 3.63) is 82.2 Å². The Balaban J connectivity index is 1.40. The summed E-state index contributed by atoms with van der Waals surface area (Å²) in [6.45, 7) is 3.46. The van der Waals surface area contributed by atoms with Crippen molar-refractivity contribution in [1.82, 2.24) is 23.9 Å². The van der Waals surface area contributed by atoms with E-state index in [9.17, 15) is 31.5 Å². The van der Waals surface area contributed by atoms with Crippen molar-refractivity contribution in [2.75, 3.05) is 6.54 Å². The second-order valence-corrected chi connectivity index (χ2v) is 12.7. The van der Waals surface area contributed by atoms with Crippen LogP contribution in [0.15, 0.2) is 47.6 Å². The van der Waals surface area contributed by atoms with Gasteiger partial charge >= 0.3 is 5.97 Å². The molecule has 1 N–H and O–H groups in total. The number of aliphatic carboxylic acids is 1. The Morgan fingerprint density at radius 2 is 1.93 bits per heavy atom. The molecule has 4 aromatic rings. The SMILES string of the molecule is Cc1ccc([C@H](CC(=O)O)c2ccn3c(C(F)F)nnc3c2C)cc1CN1CC2(CC2)Oc2ncc(F)cc2S1(=O)=O. The van der Waals surface area contributed by atoms with Crippen LogP contribution < -0.4 is 4.74 Å². The van der Waals surface area contributed by atoms with E-state index in [0.717, 1.165) is 17.8 Å². The molecule has 1 saturated carbocycles. The number of aromatic nitrogens is 4. The van der Waals surface area contributed by atoms with Crippen LogP contribution in [0, 0.1) is 19.7 Å². The number of ether oxygens (including phenoxy) is 1. The van der Waals surface area contributed by atoms with E-state index in [-0.39, 0.29) is 35.9 Å². The predicted octanol–water partition coefficient (Wildman–Crippen LogP) is 4.54. The lowest BCUT2D eigenvalue weighted by atomic mass is 9.85. The fourth-order valence-corrected chi connectivity index (χ4v) is 7.05. The lowest BCUT2D eigenvalue weighted by Gasteiger charge is -2.25. The van der Waals surface area contributed by atoms with Crippen LogP contribution in [-0.4, -0.2) is 55.5 Å². The first-order chi connectivity index (χ1) is 19.9. The maximum Gasteiger partial charge on any atom is 0.304 e. The van der Waals surface area contributed by atoms with Crippen molar-refractivity contribution in [2.45, 2.75) is 62.5 Å². The van der Waals surface area contributed by atoms with Gasteiger partial charge in [0.05, 0.1) is 19.2 Å². The maximum absolute atomic E-state index is 14.1. The Morgan fingerprint density at radius 3 is 2.62 bits per heavy atom. The highest BCUT2D eigenvalue weighted by Gasteiger charge is 2.52. The molecule has 14 heteroatoms. The fraction of sp³-hybridized carbons (Fsp3) is 0.357. The first-order valence-electron chi connectivity index (χ1n) is 13.2. The third-order valence-corrected chi connectivity index (χ3v) is 9.74. The molecule has 1 aliphatic carbocycles. The molecular formula is C28H26F3N5O5S. The number of fused-ring (bicyclic) bond motifs is 2. The van der Waals surface area contributed by atoms with Crippen molar-refractivity contribution in [3.63, 3.8) is 0 Å². The summed E-state index contributed by atoms with van der Waals surface area (Å²) in [6.07, 6.45) is 0.404. The number of rotatable bonds is 7. The molecule has 6 rings (SSSR count). The molecule has 220 valence electrons. The number of alkyl halides is 2. The summed E-state index contributed by atoms with van der Waals surface area (Å²) in [5.41, 5.74) is 2.49. The van der Waals surface area contributed by atoms with Crippen LogP contribution in [0.4, 0.5) is 13.2 Å². The van der Waals surface area contributed by atoms with Gasteiger partial charge in [0.15, 0.2) is 5.65 Å². The molecule has 1 aromatic carbocycles. The Kier molecular flexibility index (Phi) is 6.72. The van der Waals surface area contributed by atoms with Gasteiger partial charge in [-0.3, -0.25) is 9.20 Å². The molecule has 0 saturated heterocycles. The average molecular weight is 602 g/mol. The van der Waals surface area contributed by atoms with Gasteiger partial charge in [-0.25, -0.2) is 26.6 Å². The molecule has 4 heterocycles. The van der Waals surface area contributed by atoms with Gasteiger partial charge in [0.25, 0.3) is 6.43 Å². The van der Waals surface area contributed by atoms with E-state index in [1.54, 1.807) is 31.2 Å². The minimum absolute atomic E-state index is 0.0463. The van der Waals surface area contributed by atoms with Crippen molar-refractivity contribution >= 4 is 21.6 Å².